The third kappa shape index (κ3) is 3.00. The van der Waals surface area contributed by atoms with Gasteiger partial charge in [-0.25, -0.2) is 0 Å². The van der Waals surface area contributed by atoms with Crippen molar-refractivity contribution in [1.29, 1.82) is 0 Å². The summed E-state index contributed by atoms with van der Waals surface area (Å²) in [5.41, 5.74) is 8.91. The monoisotopic (exact) mass is 327 g/mol. The minimum atomic E-state index is -0.259. The molecule has 3 aromatic rings. The van der Waals surface area contributed by atoms with Gasteiger partial charge in [0.15, 0.2) is 0 Å². The van der Waals surface area contributed by atoms with Crippen molar-refractivity contribution in [3.8, 4) is 0 Å². The number of nitrogen functional groups attached to an aromatic ring is 1. The van der Waals surface area contributed by atoms with Crippen LogP contribution in [0.1, 0.15) is 39.6 Å². The lowest BCUT2D eigenvalue weighted by molar-refractivity contribution is 0.0941. The van der Waals surface area contributed by atoms with Crippen LogP contribution in [0.5, 0.6) is 0 Å². The number of aryl methyl sites for hydroxylation is 2. The number of pyridine rings is 1. The van der Waals surface area contributed by atoms with E-state index in [1.165, 1.54) is 11.3 Å². The molecule has 6 nitrogen and oxygen atoms in total. The normalized spacial score (nSPS) is 12.3. The predicted molar refractivity (Wildman–Crippen MR) is 91.4 cm³/mol. The molecule has 2 aromatic heterocycles. The van der Waals surface area contributed by atoms with Crippen molar-refractivity contribution < 1.29 is 4.79 Å². The van der Waals surface area contributed by atoms with Gasteiger partial charge >= 0.3 is 0 Å². The van der Waals surface area contributed by atoms with E-state index in [0.717, 1.165) is 22.2 Å². The molecule has 1 aromatic carbocycles. The quantitative estimate of drug-likeness (QED) is 0.771. The number of nitrogens with zero attached hydrogens (tertiary/aromatic N) is 3. The molecule has 3 rings (SSSR count). The van der Waals surface area contributed by atoms with E-state index in [1.54, 1.807) is 6.07 Å². The van der Waals surface area contributed by atoms with Crippen LogP contribution in [0.15, 0.2) is 24.3 Å². The van der Waals surface area contributed by atoms with Gasteiger partial charge in [-0.15, -0.1) is 10.2 Å². The van der Waals surface area contributed by atoms with Crippen molar-refractivity contribution in [1.82, 2.24) is 20.5 Å². The molecule has 0 unspecified atom stereocenters. The number of benzene rings is 1. The Labute approximate surface area is 137 Å². The number of rotatable bonds is 3. The van der Waals surface area contributed by atoms with Crippen LogP contribution in [0.3, 0.4) is 0 Å². The fraction of sp³-hybridized carbons (Fsp3) is 0.250. The highest BCUT2D eigenvalue weighted by atomic mass is 32.1. The summed E-state index contributed by atoms with van der Waals surface area (Å²) in [6.45, 7) is 5.74. The minimum Gasteiger partial charge on any atom is -0.374 e. The van der Waals surface area contributed by atoms with Crippen molar-refractivity contribution in [3.63, 3.8) is 0 Å². The Balaban J connectivity index is 1.96. The molecule has 0 aliphatic rings. The van der Waals surface area contributed by atoms with Gasteiger partial charge in [0.05, 0.1) is 17.1 Å². The molecule has 0 spiro atoms. The number of fused-ring (bicyclic) bond motifs is 1. The first-order chi connectivity index (χ1) is 11.0. The largest absolute Gasteiger partial charge is 0.374 e. The summed E-state index contributed by atoms with van der Waals surface area (Å²) in [6.07, 6.45) is 0. The van der Waals surface area contributed by atoms with Crippen molar-refractivity contribution >= 4 is 33.3 Å². The topological polar surface area (TPSA) is 93.8 Å². The van der Waals surface area contributed by atoms with E-state index in [0.29, 0.717) is 15.7 Å². The second-order valence-electron chi connectivity index (χ2n) is 5.46. The third-order valence-electron chi connectivity index (χ3n) is 3.59. The zero-order valence-electron chi connectivity index (χ0n) is 13.1. The van der Waals surface area contributed by atoms with E-state index in [9.17, 15) is 4.79 Å². The summed E-state index contributed by atoms with van der Waals surface area (Å²) in [6, 6.07) is 7.38. The van der Waals surface area contributed by atoms with E-state index in [1.807, 2.05) is 39.0 Å². The second-order valence-corrected chi connectivity index (χ2v) is 6.50. The molecule has 2 heterocycles. The minimum absolute atomic E-state index is 0.160. The lowest BCUT2D eigenvalue weighted by Gasteiger charge is -2.13. The van der Waals surface area contributed by atoms with Crippen LogP contribution < -0.4 is 11.1 Å². The smallest absolute Gasteiger partial charge is 0.252 e. The van der Waals surface area contributed by atoms with Crippen molar-refractivity contribution in [2.75, 3.05) is 5.73 Å². The molecule has 1 atom stereocenters. The Morgan fingerprint density at radius 1 is 1.30 bits per heavy atom. The summed E-state index contributed by atoms with van der Waals surface area (Å²) in [5, 5.41) is 12.6. The molecule has 118 valence electrons. The number of carbonyl (C=O) groups is 1. The van der Waals surface area contributed by atoms with Crippen molar-refractivity contribution in [2.45, 2.75) is 26.8 Å². The molecule has 23 heavy (non-hydrogen) atoms. The fourth-order valence-corrected chi connectivity index (χ4v) is 3.08. The molecule has 0 saturated heterocycles. The van der Waals surface area contributed by atoms with Gasteiger partial charge in [-0.05, 0) is 32.4 Å². The van der Waals surface area contributed by atoms with Crippen molar-refractivity contribution in [2.24, 2.45) is 0 Å². The van der Waals surface area contributed by atoms with E-state index in [2.05, 4.69) is 20.5 Å². The maximum atomic E-state index is 12.7. The predicted octanol–water partition coefficient (Wildman–Crippen LogP) is 2.78. The number of amides is 1. The Morgan fingerprint density at radius 2 is 2.09 bits per heavy atom. The van der Waals surface area contributed by atoms with E-state index in [-0.39, 0.29) is 11.9 Å². The second kappa shape index (κ2) is 5.92. The summed E-state index contributed by atoms with van der Waals surface area (Å²) in [5.74, 6) is -0.160. The zero-order valence-corrected chi connectivity index (χ0v) is 13.9. The number of anilines is 1. The number of nitrogens with one attached hydrogen (secondary N) is 1. The van der Waals surface area contributed by atoms with Gasteiger partial charge in [0.1, 0.15) is 5.01 Å². The highest BCUT2D eigenvalue weighted by Gasteiger charge is 2.18. The van der Waals surface area contributed by atoms with Crippen LogP contribution in [0.2, 0.25) is 0 Å². The molecular formula is C16H17N5OS. The first-order valence-electron chi connectivity index (χ1n) is 7.22. The molecule has 0 fully saturated rings. The summed E-state index contributed by atoms with van der Waals surface area (Å²) < 4.78 is 0. The third-order valence-corrected chi connectivity index (χ3v) is 4.52. The number of nitrogens with two attached hydrogens (primary N) is 1. The Hall–Kier alpha value is -2.54. The highest BCUT2D eigenvalue weighted by molar-refractivity contribution is 7.15. The standard InChI is InChI=1S/C16H17N5OS/c1-8-5-4-6-11-12(7-9(2)18-13(8)11)14(22)19-10(3)15-20-21-16(17)23-15/h4-7,10H,1-3H3,(H2,17,21)(H,19,22)/t10-/m0/s1. The molecule has 0 aliphatic heterocycles. The van der Waals surface area contributed by atoms with Crippen LogP contribution in [0.4, 0.5) is 5.13 Å². The maximum absolute atomic E-state index is 12.7. The Kier molecular flexibility index (Phi) is 3.96. The Bertz CT molecular complexity index is 889. The zero-order chi connectivity index (χ0) is 16.6. The molecule has 0 aliphatic carbocycles. The van der Waals surface area contributed by atoms with Crippen LogP contribution in [-0.4, -0.2) is 21.1 Å². The molecule has 0 saturated carbocycles. The molecular weight excluding hydrogens is 310 g/mol. The van der Waals surface area contributed by atoms with Gasteiger partial charge in [-0.2, -0.15) is 0 Å². The van der Waals surface area contributed by atoms with Crippen LogP contribution >= 0.6 is 11.3 Å². The first kappa shape index (κ1) is 15.4. The maximum Gasteiger partial charge on any atom is 0.252 e. The number of carbonyl (C=O) groups excluding carboxylic acids is 1. The van der Waals surface area contributed by atoms with E-state index in [4.69, 9.17) is 5.73 Å². The van der Waals surface area contributed by atoms with Gasteiger partial charge in [0, 0.05) is 11.1 Å². The summed E-state index contributed by atoms with van der Waals surface area (Å²) >= 11 is 1.27. The van der Waals surface area contributed by atoms with Crippen molar-refractivity contribution in [3.05, 3.63) is 46.1 Å². The number of para-hydroxylation sites is 1. The van der Waals surface area contributed by atoms with Gasteiger partial charge in [0.2, 0.25) is 5.13 Å². The van der Waals surface area contributed by atoms with Crippen LogP contribution in [0, 0.1) is 13.8 Å². The summed E-state index contributed by atoms with van der Waals surface area (Å²) in [7, 11) is 0. The average molecular weight is 327 g/mol. The van der Waals surface area contributed by atoms with Gasteiger partial charge in [-0.3, -0.25) is 9.78 Å². The number of hydrogen-bond donors (Lipinski definition) is 2. The number of hydrogen-bond acceptors (Lipinski definition) is 6. The SMILES string of the molecule is Cc1cc(C(=O)N[C@@H](C)c2nnc(N)s2)c2cccc(C)c2n1. The first-order valence-corrected chi connectivity index (χ1v) is 8.04. The summed E-state index contributed by atoms with van der Waals surface area (Å²) in [4.78, 5) is 17.2. The van der Waals surface area contributed by atoms with Gasteiger partial charge in [-0.1, -0.05) is 29.5 Å². The Morgan fingerprint density at radius 3 is 2.78 bits per heavy atom. The van der Waals surface area contributed by atoms with Crippen LogP contribution in [-0.2, 0) is 0 Å². The lowest BCUT2D eigenvalue weighted by Crippen LogP contribution is -2.27. The molecule has 3 N–H and O–H groups in total. The van der Waals surface area contributed by atoms with Gasteiger partial charge in [0.25, 0.3) is 5.91 Å². The van der Waals surface area contributed by atoms with E-state index < -0.39 is 0 Å². The molecule has 7 heteroatoms. The highest BCUT2D eigenvalue weighted by Crippen LogP contribution is 2.23. The molecule has 0 radical (unpaired) electrons. The molecule has 0 bridgehead atoms. The van der Waals surface area contributed by atoms with Gasteiger partial charge < -0.3 is 11.1 Å². The lowest BCUT2D eigenvalue weighted by atomic mass is 10.0. The molecule has 1 amide bonds. The number of aromatic nitrogens is 3. The fourth-order valence-electron chi connectivity index (χ4n) is 2.47. The van der Waals surface area contributed by atoms with E-state index >= 15 is 0 Å². The van der Waals surface area contributed by atoms with Crippen LogP contribution in [0.25, 0.3) is 10.9 Å². The average Bonchev–Trinajstić information content (AvgIpc) is 2.94.